The van der Waals surface area contributed by atoms with Crippen LogP contribution in [-0.4, -0.2) is 77.5 Å². The van der Waals surface area contributed by atoms with Crippen LogP contribution in [0.5, 0.6) is 0 Å². The van der Waals surface area contributed by atoms with E-state index in [0.29, 0.717) is 31.9 Å². The van der Waals surface area contributed by atoms with E-state index in [9.17, 15) is 13.2 Å². The summed E-state index contributed by atoms with van der Waals surface area (Å²) in [5, 5.41) is 0. The molecule has 1 aromatic rings. The standard InChI is InChI=1S/C18H26N2O6S/c1-14-11-20(12-18(26-14)6-8-25-13-18)17(21)15-4-3-5-16(10-15)27(22,23)19-7-9-24-2/h3-5,10,14,19H,6-9,11-13H2,1-2H3/t14-,18+/m0/s1. The summed E-state index contributed by atoms with van der Waals surface area (Å²) in [7, 11) is -2.20. The van der Waals surface area contributed by atoms with Crippen LogP contribution in [0.3, 0.4) is 0 Å². The quantitative estimate of drug-likeness (QED) is 0.707. The van der Waals surface area contributed by atoms with Crippen molar-refractivity contribution in [2.75, 3.05) is 46.6 Å². The number of sulfonamides is 1. The van der Waals surface area contributed by atoms with Gasteiger partial charge in [-0.2, -0.15) is 0 Å². The molecule has 1 N–H and O–H groups in total. The SMILES string of the molecule is COCCNS(=O)(=O)c1cccc(C(=O)N2C[C@H](C)O[C@]3(CCOC3)C2)c1. The van der Waals surface area contributed by atoms with E-state index in [1.165, 1.54) is 19.2 Å². The Labute approximate surface area is 159 Å². The predicted octanol–water partition coefficient (Wildman–Crippen LogP) is 0.631. The molecule has 0 unspecified atom stereocenters. The normalized spacial score (nSPS) is 25.9. The molecule has 150 valence electrons. The molecule has 0 aliphatic carbocycles. The Kier molecular flexibility index (Phi) is 6.17. The van der Waals surface area contributed by atoms with E-state index in [0.717, 1.165) is 6.42 Å². The van der Waals surface area contributed by atoms with Gasteiger partial charge in [0, 0.05) is 38.8 Å². The van der Waals surface area contributed by atoms with Gasteiger partial charge in [0.15, 0.2) is 0 Å². The maximum absolute atomic E-state index is 13.0. The summed E-state index contributed by atoms with van der Waals surface area (Å²) in [5.41, 5.74) is -0.119. The summed E-state index contributed by atoms with van der Waals surface area (Å²) < 4.78 is 43.6. The predicted molar refractivity (Wildman–Crippen MR) is 98.1 cm³/mol. The second kappa shape index (κ2) is 8.24. The fraction of sp³-hybridized carbons (Fsp3) is 0.611. The number of hydrogen-bond acceptors (Lipinski definition) is 6. The van der Waals surface area contributed by atoms with E-state index in [1.54, 1.807) is 17.0 Å². The monoisotopic (exact) mass is 398 g/mol. The number of carbonyl (C=O) groups excluding carboxylic acids is 1. The van der Waals surface area contributed by atoms with Gasteiger partial charge in [0.1, 0.15) is 5.60 Å². The Morgan fingerprint density at radius 1 is 1.44 bits per heavy atom. The van der Waals surface area contributed by atoms with Crippen LogP contribution in [0.25, 0.3) is 0 Å². The molecule has 27 heavy (non-hydrogen) atoms. The van der Waals surface area contributed by atoms with Crippen LogP contribution in [0.1, 0.15) is 23.7 Å². The lowest BCUT2D eigenvalue weighted by molar-refractivity contribution is -0.138. The largest absolute Gasteiger partial charge is 0.383 e. The van der Waals surface area contributed by atoms with Crippen molar-refractivity contribution in [3.05, 3.63) is 29.8 Å². The number of rotatable bonds is 6. The topological polar surface area (TPSA) is 94.2 Å². The van der Waals surface area contributed by atoms with E-state index in [2.05, 4.69) is 4.72 Å². The maximum atomic E-state index is 13.0. The number of benzene rings is 1. The van der Waals surface area contributed by atoms with Gasteiger partial charge in [0.05, 0.1) is 30.8 Å². The summed E-state index contributed by atoms with van der Waals surface area (Å²) >= 11 is 0. The van der Waals surface area contributed by atoms with Crippen LogP contribution >= 0.6 is 0 Å². The third-order valence-corrected chi connectivity index (χ3v) is 6.21. The molecule has 0 saturated carbocycles. The van der Waals surface area contributed by atoms with Gasteiger partial charge in [-0.25, -0.2) is 13.1 Å². The molecule has 2 saturated heterocycles. The number of methoxy groups -OCH3 is 1. The zero-order valence-corrected chi connectivity index (χ0v) is 16.5. The molecule has 9 heteroatoms. The maximum Gasteiger partial charge on any atom is 0.254 e. The fourth-order valence-corrected chi connectivity index (χ4v) is 4.58. The third kappa shape index (κ3) is 4.67. The molecular weight excluding hydrogens is 372 g/mol. The first-order valence-corrected chi connectivity index (χ1v) is 10.5. The van der Waals surface area contributed by atoms with Crippen molar-refractivity contribution in [2.45, 2.75) is 29.9 Å². The molecule has 2 heterocycles. The van der Waals surface area contributed by atoms with Gasteiger partial charge in [-0.05, 0) is 25.1 Å². The minimum Gasteiger partial charge on any atom is -0.383 e. The Balaban J connectivity index is 1.77. The van der Waals surface area contributed by atoms with Gasteiger partial charge in [0.25, 0.3) is 5.91 Å². The lowest BCUT2D eigenvalue weighted by atomic mass is 9.98. The van der Waals surface area contributed by atoms with Crippen LogP contribution in [0, 0.1) is 0 Å². The van der Waals surface area contributed by atoms with E-state index < -0.39 is 15.6 Å². The van der Waals surface area contributed by atoms with E-state index in [4.69, 9.17) is 14.2 Å². The van der Waals surface area contributed by atoms with Gasteiger partial charge in [-0.15, -0.1) is 0 Å². The number of nitrogens with zero attached hydrogens (tertiary/aromatic N) is 1. The van der Waals surface area contributed by atoms with Crippen molar-refractivity contribution in [1.82, 2.24) is 9.62 Å². The smallest absolute Gasteiger partial charge is 0.254 e. The number of carbonyl (C=O) groups is 1. The first kappa shape index (κ1) is 20.2. The average Bonchev–Trinajstić information content (AvgIpc) is 3.08. The van der Waals surface area contributed by atoms with Crippen LogP contribution in [-0.2, 0) is 24.2 Å². The van der Waals surface area contributed by atoms with Crippen molar-refractivity contribution >= 4 is 15.9 Å². The van der Waals surface area contributed by atoms with E-state index >= 15 is 0 Å². The van der Waals surface area contributed by atoms with Crippen molar-refractivity contribution in [1.29, 1.82) is 0 Å². The Morgan fingerprint density at radius 3 is 2.96 bits per heavy atom. The van der Waals surface area contributed by atoms with Crippen LogP contribution in [0.2, 0.25) is 0 Å². The van der Waals surface area contributed by atoms with E-state index in [-0.39, 0.29) is 30.1 Å². The number of nitrogens with one attached hydrogen (secondary N) is 1. The molecule has 2 aliphatic rings. The first-order valence-electron chi connectivity index (χ1n) is 8.99. The van der Waals surface area contributed by atoms with Gasteiger partial charge in [-0.1, -0.05) is 6.07 Å². The van der Waals surface area contributed by atoms with Crippen LogP contribution in [0.15, 0.2) is 29.2 Å². The summed E-state index contributed by atoms with van der Waals surface area (Å²) in [6.45, 7) is 4.37. The fourth-order valence-electron chi connectivity index (χ4n) is 3.53. The van der Waals surface area contributed by atoms with Crippen LogP contribution < -0.4 is 4.72 Å². The molecule has 3 rings (SSSR count). The summed E-state index contributed by atoms with van der Waals surface area (Å²) in [4.78, 5) is 14.8. The minimum atomic E-state index is -3.70. The lowest BCUT2D eigenvalue weighted by Crippen LogP contribution is -2.57. The number of hydrogen-bond donors (Lipinski definition) is 1. The molecule has 2 fully saturated rings. The van der Waals surface area contributed by atoms with Crippen molar-refractivity contribution < 1.29 is 27.4 Å². The highest BCUT2D eigenvalue weighted by atomic mass is 32.2. The van der Waals surface area contributed by atoms with Crippen molar-refractivity contribution in [3.8, 4) is 0 Å². The van der Waals surface area contributed by atoms with Gasteiger partial charge < -0.3 is 19.1 Å². The molecule has 1 aromatic carbocycles. The Morgan fingerprint density at radius 2 is 2.26 bits per heavy atom. The van der Waals surface area contributed by atoms with Crippen molar-refractivity contribution in [2.24, 2.45) is 0 Å². The Hall–Kier alpha value is -1.52. The zero-order valence-electron chi connectivity index (χ0n) is 15.6. The summed E-state index contributed by atoms with van der Waals surface area (Å²) in [6, 6.07) is 6.10. The van der Waals surface area contributed by atoms with Gasteiger partial charge in [0.2, 0.25) is 10.0 Å². The van der Waals surface area contributed by atoms with Crippen LogP contribution in [0.4, 0.5) is 0 Å². The molecule has 0 aromatic heterocycles. The number of morpholine rings is 1. The molecule has 2 aliphatic heterocycles. The summed E-state index contributed by atoms with van der Waals surface area (Å²) in [6.07, 6.45) is 0.644. The number of ether oxygens (including phenoxy) is 3. The minimum absolute atomic E-state index is 0.0599. The molecule has 2 atom stereocenters. The lowest BCUT2D eigenvalue weighted by Gasteiger charge is -2.42. The van der Waals surface area contributed by atoms with Crippen molar-refractivity contribution in [3.63, 3.8) is 0 Å². The highest BCUT2D eigenvalue weighted by Gasteiger charge is 2.44. The molecule has 1 amide bonds. The molecule has 0 radical (unpaired) electrons. The van der Waals surface area contributed by atoms with Gasteiger partial charge >= 0.3 is 0 Å². The van der Waals surface area contributed by atoms with Gasteiger partial charge in [-0.3, -0.25) is 4.79 Å². The Bertz CT molecular complexity index is 776. The highest BCUT2D eigenvalue weighted by molar-refractivity contribution is 7.89. The number of amides is 1. The molecule has 0 bridgehead atoms. The third-order valence-electron chi connectivity index (χ3n) is 4.75. The highest BCUT2D eigenvalue weighted by Crippen LogP contribution is 2.30. The first-order chi connectivity index (χ1) is 12.9. The molecular formula is C18H26N2O6S. The summed E-state index contributed by atoms with van der Waals surface area (Å²) in [5.74, 6) is -0.203. The van der Waals surface area contributed by atoms with E-state index in [1.807, 2.05) is 6.92 Å². The second-order valence-corrected chi connectivity index (χ2v) is 8.79. The second-order valence-electron chi connectivity index (χ2n) is 7.02. The molecule has 1 spiro atoms. The average molecular weight is 398 g/mol. The zero-order chi connectivity index (χ0) is 19.5. The molecule has 8 nitrogen and oxygen atoms in total.